The van der Waals surface area contributed by atoms with Gasteiger partial charge < -0.3 is 4.74 Å². The molecule has 1 aromatic heterocycles. The van der Waals surface area contributed by atoms with Crippen LogP contribution in [0.1, 0.15) is 6.92 Å². The van der Waals surface area contributed by atoms with Crippen molar-refractivity contribution in [2.45, 2.75) is 11.8 Å². The number of esters is 1. The highest BCUT2D eigenvalue weighted by atomic mass is 32.2. The topological polar surface area (TPSA) is 85.4 Å². The number of thiazole rings is 1. The molecule has 0 bridgehead atoms. The predicted octanol–water partition coefficient (Wildman–Crippen LogP) is 3.02. The van der Waals surface area contributed by atoms with Gasteiger partial charge in [0.2, 0.25) is 5.88 Å². The van der Waals surface area contributed by atoms with Crippen molar-refractivity contribution >= 4 is 43.2 Å². The van der Waals surface area contributed by atoms with Gasteiger partial charge in [0.1, 0.15) is 0 Å². The summed E-state index contributed by atoms with van der Waals surface area (Å²) in [6.07, 6.45) is 0. The Morgan fingerprint density at radius 1 is 1.17 bits per heavy atom. The molecule has 23 heavy (non-hydrogen) atoms. The fourth-order valence-electron chi connectivity index (χ4n) is 2.01. The van der Waals surface area contributed by atoms with Crippen molar-refractivity contribution in [2.24, 2.45) is 0 Å². The van der Waals surface area contributed by atoms with E-state index in [0.717, 1.165) is 22.1 Å². The van der Waals surface area contributed by atoms with Gasteiger partial charge in [-0.15, -0.1) is 11.3 Å². The monoisotopic (exact) mass is 348 g/mol. The van der Waals surface area contributed by atoms with E-state index in [4.69, 9.17) is 4.74 Å². The number of hydrogen-bond donors (Lipinski definition) is 1. The van der Waals surface area contributed by atoms with Crippen LogP contribution >= 0.6 is 11.3 Å². The van der Waals surface area contributed by atoms with Crippen LogP contribution in [0.5, 0.6) is 5.88 Å². The van der Waals surface area contributed by atoms with E-state index < -0.39 is 16.0 Å². The van der Waals surface area contributed by atoms with Gasteiger partial charge in [-0.2, -0.15) is 4.98 Å². The van der Waals surface area contributed by atoms with Crippen LogP contribution in [0.25, 0.3) is 10.8 Å². The molecule has 6 nitrogen and oxygen atoms in total. The van der Waals surface area contributed by atoms with Crippen LogP contribution < -0.4 is 9.46 Å². The highest BCUT2D eigenvalue weighted by molar-refractivity contribution is 7.93. The Balaban J connectivity index is 1.88. The highest BCUT2D eigenvalue weighted by Gasteiger charge is 2.17. The number of ether oxygens (including phenoxy) is 1. The predicted molar refractivity (Wildman–Crippen MR) is 88.2 cm³/mol. The second-order valence-electron chi connectivity index (χ2n) is 4.70. The van der Waals surface area contributed by atoms with Crippen molar-refractivity contribution in [3.63, 3.8) is 0 Å². The summed E-state index contributed by atoms with van der Waals surface area (Å²) < 4.78 is 32.0. The molecule has 0 radical (unpaired) electrons. The minimum absolute atomic E-state index is 0.0683. The van der Waals surface area contributed by atoms with Crippen molar-refractivity contribution in [3.8, 4) is 5.88 Å². The molecule has 0 saturated carbocycles. The van der Waals surface area contributed by atoms with Crippen molar-refractivity contribution in [1.29, 1.82) is 0 Å². The molecule has 0 fully saturated rings. The molecule has 3 aromatic rings. The molecule has 0 aliphatic heterocycles. The smallest absolute Gasteiger partial charge is 0.309 e. The maximum absolute atomic E-state index is 12.4. The largest absolute Gasteiger partial charge is 0.407 e. The summed E-state index contributed by atoms with van der Waals surface area (Å²) in [5.74, 6) is -0.446. The number of anilines is 1. The summed E-state index contributed by atoms with van der Waals surface area (Å²) in [5, 5.41) is 3.38. The fourth-order valence-corrected chi connectivity index (χ4v) is 3.91. The van der Waals surface area contributed by atoms with Gasteiger partial charge in [-0.05, 0) is 22.9 Å². The van der Waals surface area contributed by atoms with E-state index in [0.29, 0.717) is 0 Å². The van der Waals surface area contributed by atoms with E-state index in [1.165, 1.54) is 18.4 Å². The molecule has 1 N–H and O–H groups in total. The SMILES string of the molecule is CC(=O)Oc1csc(NS(=O)(=O)c2ccc3ccccc3c2)n1. The van der Waals surface area contributed by atoms with Crippen LogP contribution in [0.3, 0.4) is 0 Å². The molecule has 0 amide bonds. The first-order valence-electron chi connectivity index (χ1n) is 6.60. The normalized spacial score (nSPS) is 11.3. The highest BCUT2D eigenvalue weighted by Crippen LogP contribution is 2.25. The minimum atomic E-state index is -3.76. The maximum Gasteiger partial charge on any atom is 0.309 e. The van der Waals surface area contributed by atoms with Gasteiger partial charge in [-0.3, -0.25) is 9.52 Å². The molecule has 118 valence electrons. The Morgan fingerprint density at radius 2 is 1.91 bits per heavy atom. The lowest BCUT2D eigenvalue weighted by atomic mass is 10.1. The number of nitrogens with one attached hydrogen (secondary N) is 1. The van der Waals surface area contributed by atoms with E-state index in [1.807, 2.05) is 24.3 Å². The zero-order chi connectivity index (χ0) is 16.4. The van der Waals surface area contributed by atoms with Crippen molar-refractivity contribution < 1.29 is 17.9 Å². The summed E-state index contributed by atoms with van der Waals surface area (Å²) in [7, 11) is -3.76. The Kier molecular flexibility index (Phi) is 4.01. The number of fused-ring (bicyclic) bond motifs is 1. The van der Waals surface area contributed by atoms with Crippen molar-refractivity contribution in [2.75, 3.05) is 4.72 Å². The number of nitrogens with zero attached hydrogens (tertiary/aromatic N) is 1. The second kappa shape index (κ2) is 5.98. The lowest BCUT2D eigenvalue weighted by molar-refractivity contribution is -0.132. The van der Waals surface area contributed by atoms with Gasteiger partial charge in [-0.25, -0.2) is 8.42 Å². The van der Waals surface area contributed by atoms with Crippen molar-refractivity contribution in [3.05, 3.63) is 47.8 Å². The van der Waals surface area contributed by atoms with Crippen molar-refractivity contribution in [1.82, 2.24) is 4.98 Å². The van der Waals surface area contributed by atoms with E-state index in [9.17, 15) is 13.2 Å². The number of carbonyl (C=O) groups is 1. The summed E-state index contributed by atoms with van der Waals surface area (Å²) in [5.41, 5.74) is 0. The number of aromatic nitrogens is 1. The molecule has 0 saturated heterocycles. The molecular formula is C15H12N2O4S2. The lowest BCUT2D eigenvalue weighted by Gasteiger charge is -2.06. The van der Waals surface area contributed by atoms with Gasteiger partial charge in [-0.1, -0.05) is 30.3 Å². The molecule has 1 heterocycles. The van der Waals surface area contributed by atoms with E-state index in [2.05, 4.69) is 9.71 Å². The van der Waals surface area contributed by atoms with E-state index >= 15 is 0 Å². The third-order valence-electron chi connectivity index (χ3n) is 2.98. The Morgan fingerprint density at radius 3 is 2.65 bits per heavy atom. The zero-order valence-corrected chi connectivity index (χ0v) is 13.6. The minimum Gasteiger partial charge on any atom is -0.407 e. The molecule has 0 spiro atoms. The van der Waals surface area contributed by atoms with Gasteiger partial charge in [0.25, 0.3) is 10.0 Å². The number of sulfonamides is 1. The molecule has 0 aliphatic rings. The Bertz CT molecular complexity index is 980. The first-order chi connectivity index (χ1) is 10.9. The molecule has 3 rings (SSSR count). The first kappa shape index (κ1) is 15.4. The fraction of sp³-hybridized carbons (Fsp3) is 0.0667. The van der Waals surface area contributed by atoms with Gasteiger partial charge in [0.05, 0.1) is 10.3 Å². The number of benzene rings is 2. The van der Waals surface area contributed by atoms with Crippen LogP contribution in [-0.4, -0.2) is 19.4 Å². The summed E-state index contributed by atoms with van der Waals surface area (Å²) in [6.45, 7) is 1.25. The average molecular weight is 348 g/mol. The van der Waals surface area contributed by atoms with E-state index in [1.54, 1.807) is 12.1 Å². The Hall–Kier alpha value is -2.45. The van der Waals surface area contributed by atoms with E-state index in [-0.39, 0.29) is 15.9 Å². The Labute approximate surface area is 136 Å². The molecule has 8 heteroatoms. The first-order valence-corrected chi connectivity index (χ1v) is 8.96. The molecule has 0 aliphatic carbocycles. The van der Waals surface area contributed by atoms with Gasteiger partial charge in [0, 0.05) is 6.92 Å². The quantitative estimate of drug-likeness (QED) is 0.733. The van der Waals surface area contributed by atoms with Crippen LogP contribution in [-0.2, 0) is 14.8 Å². The third kappa shape index (κ3) is 3.49. The summed E-state index contributed by atoms with van der Waals surface area (Å²) >= 11 is 1.04. The van der Waals surface area contributed by atoms with Crippen LogP contribution in [0.2, 0.25) is 0 Å². The second-order valence-corrected chi connectivity index (χ2v) is 7.24. The maximum atomic E-state index is 12.4. The number of rotatable bonds is 4. The van der Waals surface area contributed by atoms with Gasteiger partial charge >= 0.3 is 5.97 Å². The van der Waals surface area contributed by atoms with Gasteiger partial charge in [0.15, 0.2) is 5.13 Å². The summed E-state index contributed by atoms with van der Waals surface area (Å²) in [6, 6.07) is 12.4. The summed E-state index contributed by atoms with van der Waals surface area (Å²) in [4.78, 5) is 14.9. The third-order valence-corrected chi connectivity index (χ3v) is 5.19. The van der Waals surface area contributed by atoms with Crippen LogP contribution in [0, 0.1) is 0 Å². The molecular weight excluding hydrogens is 336 g/mol. The number of hydrogen-bond acceptors (Lipinski definition) is 6. The van der Waals surface area contributed by atoms with Crippen LogP contribution in [0.4, 0.5) is 5.13 Å². The van der Waals surface area contributed by atoms with Crippen LogP contribution in [0.15, 0.2) is 52.7 Å². The standard InChI is InChI=1S/C15H12N2O4S2/c1-10(18)21-14-9-22-15(16-14)17-23(19,20)13-7-6-11-4-2-3-5-12(11)8-13/h2-9H,1H3,(H,16,17). The molecule has 2 aromatic carbocycles. The zero-order valence-electron chi connectivity index (χ0n) is 12.0. The molecule has 0 atom stereocenters. The average Bonchev–Trinajstić information content (AvgIpc) is 2.92. The molecule has 0 unspecified atom stereocenters. The number of carbonyl (C=O) groups excluding carboxylic acids is 1. The lowest BCUT2D eigenvalue weighted by Crippen LogP contribution is -2.12.